The van der Waals surface area contributed by atoms with Crippen molar-refractivity contribution in [3.8, 4) is 0 Å². The number of rotatable bonds is 5. The second-order valence-electron chi connectivity index (χ2n) is 5.27. The highest BCUT2D eigenvalue weighted by Gasteiger charge is 2.09. The molecule has 0 bridgehead atoms. The summed E-state index contributed by atoms with van der Waals surface area (Å²) in [7, 11) is 0. The molecule has 25 heavy (non-hydrogen) atoms. The van der Waals surface area contributed by atoms with Crippen molar-refractivity contribution in [2.45, 2.75) is 6.54 Å². The van der Waals surface area contributed by atoms with E-state index in [1.54, 1.807) is 29.1 Å². The SMILES string of the molecule is N/C(=N\OC(=O)c1cccc(Cn2cccn2)c1)c1ccc(F)cc1. The van der Waals surface area contributed by atoms with Gasteiger partial charge in [-0.05, 0) is 48.0 Å². The Morgan fingerprint density at radius 1 is 1.16 bits per heavy atom. The third kappa shape index (κ3) is 4.29. The van der Waals surface area contributed by atoms with Crippen LogP contribution in [0.3, 0.4) is 0 Å². The van der Waals surface area contributed by atoms with Crippen molar-refractivity contribution < 1.29 is 14.0 Å². The van der Waals surface area contributed by atoms with E-state index in [1.807, 2.05) is 18.3 Å². The van der Waals surface area contributed by atoms with Crippen LogP contribution in [0.15, 0.2) is 72.1 Å². The number of hydrogen-bond donors (Lipinski definition) is 1. The van der Waals surface area contributed by atoms with Gasteiger partial charge in [-0.25, -0.2) is 9.18 Å². The van der Waals surface area contributed by atoms with Crippen LogP contribution in [-0.4, -0.2) is 21.6 Å². The van der Waals surface area contributed by atoms with Crippen LogP contribution in [0, 0.1) is 5.82 Å². The lowest BCUT2D eigenvalue weighted by Gasteiger charge is -2.05. The minimum atomic E-state index is -0.632. The Bertz CT molecular complexity index is 890. The standard InChI is InChI=1S/C18H15FN4O2/c19-16-7-5-14(6-8-16)17(20)22-25-18(24)15-4-1-3-13(11-15)12-23-10-2-9-21-23/h1-11H,12H2,(H2,20,22). The van der Waals surface area contributed by atoms with Gasteiger partial charge in [0, 0.05) is 18.0 Å². The van der Waals surface area contributed by atoms with E-state index in [2.05, 4.69) is 10.3 Å². The van der Waals surface area contributed by atoms with E-state index in [9.17, 15) is 9.18 Å². The van der Waals surface area contributed by atoms with Gasteiger partial charge < -0.3 is 10.6 Å². The molecule has 0 aliphatic rings. The smallest absolute Gasteiger partial charge is 0.365 e. The average molecular weight is 338 g/mol. The highest BCUT2D eigenvalue weighted by Crippen LogP contribution is 2.09. The Kier molecular flexibility index (Phi) is 4.84. The summed E-state index contributed by atoms with van der Waals surface area (Å²) in [5.41, 5.74) is 7.43. The van der Waals surface area contributed by atoms with E-state index >= 15 is 0 Å². The average Bonchev–Trinajstić information content (AvgIpc) is 3.13. The van der Waals surface area contributed by atoms with Crippen LogP contribution in [0.1, 0.15) is 21.5 Å². The molecule has 0 radical (unpaired) electrons. The fraction of sp³-hybridized carbons (Fsp3) is 0.0556. The van der Waals surface area contributed by atoms with E-state index in [1.165, 1.54) is 24.3 Å². The summed E-state index contributed by atoms with van der Waals surface area (Å²) in [5.74, 6) is -1.03. The molecule has 1 heterocycles. The van der Waals surface area contributed by atoms with Crippen molar-refractivity contribution in [2.75, 3.05) is 0 Å². The zero-order valence-corrected chi connectivity index (χ0v) is 13.2. The molecule has 7 heteroatoms. The number of oxime groups is 1. The van der Waals surface area contributed by atoms with Gasteiger partial charge in [-0.1, -0.05) is 17.3 Å². The largest absolute Gasteiger partial charge is 0.380 e. The number of aromatic nitrogens is 2. The molecule has 0 fully saturated rings. The van der Waals surface area contributed by atoms with E-state index in [0.29, 0.717) is 17.7 Å². The molecule has 2 aromatic carbocycles. The molecular weight excluding hydrogens is 323 g/mol. The van der Waals surface area contributed by atoms with Crippen LogP contribution < -0.4 is 5.73 Å². The molecule has 6 nitrogen and oxygen atoms in total. The van der Waals surface area contributed by atoms with Gasteiger partial charge >= 0.3 is 5.97 Å². The lowest BCUT2D eigenvalue weighted by Crippen LogP contribution is -2.15. The molecule has 0 saturated carbocycles. The van der Waals surface area contributed by atoms with E-state index in [4.69, 9.17) is 10.6 Å². The van der Waals surface area contributed by atoms with Crippen molar-refractivity contribution in [1.82, 2.24) is 9.78 Å². The van der Waals surface area contributed by atoms with E-state index in [0.717, 1.165) is 5.56 Å². The molecule has 3 aromatic rings. The Morgan fingerprint density at radius 2 is 1.96 bits per heavy atom. The Morgan fingerprint density at radius 3 is 2.68 bits per heavy atom. The summed E-state index contributed by atoms with van der Waals surface area (Å²) < 4.78 is 14.6. The highest BCUT2D eigenvalue weighted by atomic mass is 19.1. The van der Waals surface area contributed by atoms with Crippen molar-refractivity contribution in [2.24, 2.45) is 10.9 Å². The first kappa shape index (κ1) is 16.4. The molecule has 2 N–H and O–H groups in total. The van der Waals surface area contributed by atoms with Gasteiger partial charge in [0.1, 0.15) is 5.82 Å². The Labute approximate surface area is 143 Å². The lowest BCUT2D eigenvalue weighted by molar-refractivity contribution is 0.0516. The van der Waals surface area contributed by atoms with E-state index in [-0.39, 0.29) is 11.7 Å². The number of carbonyl (C=O) groups excluding carboxylic acids is 1. The highest BCUT2D eigenvalue weighted by molar-refractivity contribution is 5.98. The summed E-state index contributed by atoms with van der Waals surface area (Å²) in [6.07, 6.45) is 3.52. The normalized spacial score (nSPS) is 11.3. The van der Waals surface area contributed by atoms with Crippen molar-refractivity contribution in [3.63, 3.8) is 0 Å². The maximum Gasteiger partial charge on any atom is 0.365 e. The molecular formula is C18H15FN4O2. The Balaban J connectivity index is 1.68. The zero-order chi connectivity index (χ0) is 17.6. The number of amidine groups is 1. The molecule has 0 saturated heterocycles. The molecule has 0 spiro atoms. The topological polar surface area (TPSA) is 82.5 Å². The fourth-order valence-corrected chi connectivity index (χ4v) is 2.19. The van der Waals surface area contributed by atoms with Crippen LogP contribution >= 0.6 is 0 Å². The maximum atomic E-state index is 12.9. The van der Waals surface area contributed by atoms with Crippen LogP contribution in [0.2, 0.25) is 0 Å². The number of hydrogen-bond acceptors (Lipinski definition) is 4. The molecule has 3 rings (SSSR count). The molecule has 126 valence electrons. The quantitative estimate of drug-likeness (QED) is 0.335. The van der Waals surface area contributed by atoms with Crippen LogP contribution in [0.5, 0.6) is 0 Å². The van der Waals surface area contributed by atoms with Crippen LogP contribution in [0.4, 0.5) is 4.39 Å². The van der Waals surface area contributed by atoms with Gasteiger partial charge in [0.2, 0.25) is 0 Å². The van der Waals surface area contributed by atoms with Crippen LogP contribution in [0.25, 0.3) is 0 Å². The first-order valence-corrected chi connectivity index (χ1v) is 7.49. The molecule has 0 amide bonds. The van der Waals surface area contributed by atoms with Gasteiger partial charge in [-0.3, -0.25) is 4.68 Å². The summed E-state index contributed by atoms with van der Waals surface area (Å²) in [4.78, 5) is 17.0. The van der Waals surface area contributed by atoms with Gasteiger partial charge in [-0.2, -0.15) is 5.10 Å². The summed E-state index contributed by atoms with van der Waals surface area (Å²) in [6.45, 7) is 0.537. The third-order valence-corrected chi connectivity index (χ3v) is 3.43. The van der Waals surface area contributed by atoms with Gasteiger partial charge in [0.05, 0.1) is 12.1 Å². The second-order valence-corrected chi connectivity index (χ2v) is 5.27. The van der Waals surface area contributed by atoms with E-state index < -0.39 is 5.97 Å². The molecule has 0 unspecified atom stereocenters. The monoisotopic (exact) mass is 338 g/mol. The predicted molar refractivity (Wildman–Crippen MR) is 90.3 cm³/mol. The Hall–Kier alpha value is -3.48. The second kappa shape index (κ2) is 7.39. The predicted octanol–water partition coefficient (Wildman–Crippen LogP) is 2.55. The first-order valence-electron chi connectivity index (χ1n) is 7.49. The number of nitrogens with zero attached hydrogens (tertiary/aromatic N) is 3. The van der Waals surface area contributed by atoms with Crippen molar-refractivity contribution in [1.29, 1.82) is 0 Å². The summed E-state index contributed by atoms with van der Waals surface area (Å²) >= 11 is 0. The van der Waals surface area contributed by atoms with Crippen LogP contribution in [-0.2, 0) is 11.4 Å². The minimum Gasteiger partial charge on any atom is -0.380 e. The molecule has 0 aliphatic carbocycles. The molecule has 0 atom stereocenters. The minimum absolute atomic E-state index is 0.0129. The van der Waals surface area contributed by atoms with Gasteiger partial charge in [0.25, 0.3) is 0 Å². The molecule has 0 aliphatic heterocycles. The summed E-state index contributed by atoms with van der Waals surface area (Å²) in [6, 6.07) is 14.2. The van der Waals surface area contributed by atoms with Gasteiger partial charge in [0.15, 0.2) is 5.84 Å². The fourth-order valence-electron chi connectivity index (χ4n) is 2.19. The number of halogens is 1. The lowest BCUT2D eigenvalue weighted by atomic mass is 10.1. The number of benzene rings is 2. The number of nitrogens with two attached hydrogens (primary N) is 1. The first-order chi connectivity index (χ1) is 12.1. The zero-order valence-electron chi connectivity index (χ0n) is 13.2. The van der Waals surface area contributed by atoms with Crippen molar-refractivity contribution >= 4 is 11.8 Å². The molecule has 1 aromatic heterocycles. The third-order valence-electron chi connectivity index (χ3n) is 3.43. The van der Waals surface area contributed by atoms with Crippen molar-refractivity contribution in [3.05, 3.63) is 89.5 Å². The number of carbonyl (C=O) groups is 1. The summed E-state index contributed by atoms with van der Waals surface area (Å²) in [5, 5.41) is 7.73. The maximum absolute atomic E-state index is 12.9. The van der Waals surface area contributed by atoms with Gasteiger partial charge in [-0.15, -0.1) is 0 Å².